The first-order valence-corrected chi connectivity index (χ1v) is 6.89. The zero-order valence-electron chi connectivity index (χ0n) is 10.5. The first-order valence-electron chi connectivity index (χ1n) is 5.70. The maximum Gasteiger partial charge on any atom is 0.373 e. The fourth-order valence-electron chi connectivity index (χ4n) is 1.49. The summed E-state index contributed by atoms with van der Waals surface area (Å²) >= 11 is 5.93. The van der Waals surface area contributed by atoms with Crippen molar-refractivity contribution in [3.63, 3.8) is 0 Å². The molecule has 0 aliphatic carbocycles. The minimum absolute atomic E-state index is 0.0722. The lowest BCUT2D eigenvalue weighted by molar-refractivity contribution is -0.177. The van der Waals surface area contributed by atoms with Crippen molar-refractivity contribution in [2.24, 2.45) is 0 Å². The zero-order chi connectivity index (χ0) is 15.5. The third-order valence-electron chi connectivity index (χ3n) is 2.33. The number of rotatable bonds is 4. The highest BCUT2D eigenvalue weighted by atomic mass is 35.5. The Morgan fingerprint density at radius 2 is 2.10 bits per heavy atom. The molecular formula is C13H10ClFN2O3S. The zero-order valence-corrected chi connectivity index (χ0v) is 12.0. The van der Waals surface area contributed by atoms with Crippen LogP contribution in [-0.2, 0) is 0 Å². The molecule has 0 fully saturated rings. The van der Waals surface area contributed by atoms with Crippen LogP contribution in [0.4, 0.5) is 10.1 Å². The molecular weight excluding hydrogens is 319 g/mol. The molecule has 3 N–H and O–H groups in total. The van der Waals surface area contributed by atoms with Crippen molar-refractivity contribution >= 4 is 35.0 Å². The average Bonchev–Trinajstić information content (AvgIpc) is 2.42. The summed E-state index contributed by atoms with van der Waals surface area (Å²) in [6.07, 6.45) is 1.48. The number of alkyl halides is 1. The second kappa shape index (κ2) is 6.40. The third kappa shape index (κ3) is 4.68. The Kier molecular flexibility index (Phi) is 4.79. The predicted octanol–water partition coefficient (Wildman–Crippen LogP) is 2.64. The van der Waals surface area contributed by atoms with E-state index in [1.807, 2.05) is 0 Å². The molecule has 0 atom stereocenters. The van der Waals surface area contributed by atoms with Gasteiger partial charge in [-0.05, 0) is 42.1 Å². The van der Waals surface area contributed by atoms with Gasteiger partial charge in [0.05, 0.1) is 5.02 Å². The van der Waals surface area contributed by atoms with Crippen LogP contribution in [0.25, 0.3) is 0 Å². The summed E-state index contributed by atoms with van der Waals surface area (Å²) in [5, 5.41) is 16.7. The molecule has 1 amide bonds. The van der Waals surface area contributed by atoms with Crippen LogP contribution in [0.2, 0.25) is 5.02 Å². The summed E-state index contributed by atoms with van der Waals surface area (Å²) in [5.41, 5.74) is 0.535. The number of benzene rings is 1. The highest BCUT2D eigenvalue weighted by Crippen LogP contribution is 2.36. The van der Waals surface area contributed by atoms with Gasteiger partial charge in [-0.15, -0.1) is 0 Å². The number of nitrogens with zero attached hydrogens (tertiary/aromatic N) is 1. The monoisotopic (exact) mass is 328 g/mol. The van der Waals surface area contributed by atoms with Crippen LogP contribution in [0.5, 0.6) is 0 Å². The number of pyridine rings is 1. The summed E-state index contributed by atoms with van der Waals surface area (Å²) in [5.74, 6) is -0.451. The van der Waals surface area contributed by atoms with Gasteiger partial charge in [-0.25, -0.2) is 0 Å². The minimum atomic E-state index is -3.45. The standard InChI is InChI=1S/C13H10ClFN2O3S/c14-9-5-4-8(7-11(9)21-13(15,19)20)17-12(18)10-3-1-2-6-16-10/h1-7,19-20H,(H,17,18). The van der Waals surface area contributed by atoms with E-state index in [-0.39, 0.29) is 27.4 Å². The first kappa shape index (κ1) is 15.7. The number of nitrogens with one attached hydrogen (secondary N) is 1. The fourth-order valence-corrected chi connectivity index (χ4v) is 2.36. The molecule has 2 rings (SSSR count). The Morgan fingerprint density at radius 3 is 2.71 bits per heavy atom. The number of amides is 1. The van der Waals surface area contributed by atoms with Crippen LogP contribution in [0.15, 0.2) is 47.5 Å². The van der Waals surface area contributed by atoms with Gasteiger partial charge in [-0.1, -0.05) is 17.7 Å². The molecule has 0 bridgehead atoms. The predicted molar refractivity (Wildman–Crippen MR) is 77.8 cm³/mol. The number of carbonyl (C=O) groups excluding carboxylic acids is 1. The maximum atomic E-state index is 12.8. The van der Waals surface area contributed by atoms with E-state index in [0.29, 0.717) is 5.69 Å². The first-order chi connectivity index (χ1) is 9.85. The number of aliphatic hydroxyl groups is 2. The summed E-state index contributed by atoms with van der Waals surface area (Å²) < 4.78 is 12.8. The van der Waals surface area contributed by atoms with Gasteiger partial charge < -0.3 is 15.5 Å². The van der Waals surface area contributed by atoms with E-state index in [2.05, 4.69) is 10.3 Å². The van der Waals surface area contributed by atoms with E-state index >= 15 is 0 Å². The van der Waals surface area contributed by atoms with Crippen molar-refractivity contribution in [1.29, 1.82) is 0 Å². The van der Waals surface area contributed by atoms with Gasteiger partial charge in [-0.3, -0.25) is 9.78 Å². The smallest absolute Gasteiger partial charge is 0.331 e. The van der Waals surface area contributed by atoms with Gasteiger partial charge in [0.15, 0.2) is 0 Å². The van der Waals surface area contributed by atoms with Crippen molar-refractivity contribution in [3.8, 4) is 0 Å². The fraction of sp³-hybridized carbons (Fsp3) is 0.0769. The molecule has 0 unspecified atom stereocenters. The van der Waals surface area contributed by atoms with Gasteiger partial charge in [0.2, 0.25) is 0 Å². The summed E-state index contributed by atoms with van der Waals surface area (Å²) in [7, 11) is 0. The van der Waals surface area contributed by atoms with Crippen LogP contribution in [0.3, 0.4) is 0 Å². The Hall–Kier alpha value is -1.67. The molecule has 2 aromatic rings. The van der Waals surface area contributed by atoms with E-state index in [0.717, 1.165) is 0 Å². The number of thioether (sulfide) groups is 1. The second-order valence-corrected chi connectivity index (χ2v) is 5.52. The molecule has 0 spiro atoms. The highest BCUT2D eigenvalue weighted by molar-refractivity contribution is 8.00. The molecule has 110 valence electrons. The van der Waals surface area contributed by atoms with E-state index in [1.165, 1.54) is 30.5 Å². The van der Waals surface area contributed by atoms with Crippen molar-refractivity contribution in [2.75, 3.05) is 5.32 Å². The van der Waals surface area contributed by atoms with Gasteiger partial charge in [0.25, 0.3) is 5.91 Å². The maximum absolute atomic E-state index is 12.8. The van der Waals surface area contributed by atoms with Crippen LogP contribution < -0.4 is 5.32 Å². The normalized spacial score (nSPS) is 11.2. The molecule has 5 nitrogen and oxygen atoms in total. The largest absolute Gasteiger partial charge is 0.373 e. The molecule has 0 aliphatic rings. The Bertz CT molecular complexity index is 650. The van der Waals surface area contributed by atoms with Crippen molar-refractivity contribution in [1.82, 2.24) is 4.98 Å². The molecule has 0 radical (unpaired) electrons. The van der Waals surface area contributed by atoms with E-state index in [1.54, 1.807) is 12.1 Å². The SMILES string of the molecule is O=C(Nc1ccc(Cl)c(SC(O)(O)F)c1)c1ccccn1. The van der Waals surface area contributed by atoms with Crippen molar-refractivity contribution in [3.05, 3.63) is 53.3 Å². The lowest BCUT2D eigenvalue weighted by atomic mass is 10.3. The van der Waals surface area contributed by atoms with Gasteiger partial charge in [-0.2, -0.15) is 4.39 Å². The molecule has 21 heavy (non-hydrogen) atoms. The van der Waals surface area contributed by atoms with E-state index in [4.69, 9.17) is 21.8 Å². The third-order valence-corrected chi connectivity index (χ3v) is 3.59. The van der Waals surface area contributed by atoms with Gasteiger partial charge >= 0.3 is 5.37 Å². The Labute approximate surface area is 128 Å². The number of aromatic nitrogens is 1. The highest BCUT2D eigenvalue weighted by Gasteiger charge is 2.25. The minimum Gasteiger partial charge on any atom is -0.331 e. The summed E-state index contributed by atoms with van der Waals surface area (Å²) in [6, 6.07) is 9.12. The molecule has 1 heterocycles. The lowest BCUT2D eigenvalue weighted by Crippen LogP contribution is -2.15. The number of halogens is 2. The van der Waals surface area contributed by atoms with Crippen LogP contribution >= 0.6 is 23.4 Å². The van der Waals surface area contributed by atoms with Crippen LogP contribution in [-0.4, -0.2) is 26.5 Å². The van der Waals surface area contributed by atoms with Crippen LogP contribution in [0, 0.1) is 0 Å². The number of anilines is 1. The molecule has 0 saturated carbocycles. The molecule has 1 aromatic carbocycles. The number of carbonyl (C=O) groups is 1. The molecule has 1 aromatic heterocycles. The topological polar surface area (TPSA) is 82.5 Å². The lowest BCUT2D eigenvalue weighted by Gasteiger charge is -2.13. The van der Waals surface area contributed by atoms with E-state index in [9.17, 15) is 9.18 Å². The van der Waals surface area contributed by atoms with Crippen LogP contribution in [0.1, 0.15) is 10.5 Å². The Morgan fingerprint density at radius 1 is 1.33 bits per heavy atom. The number of hydrogen-bond donors (Lipinski definition) is 3. The quantitative estimate of drug-likeness (QED) is 0.593. The van der Waals surface area contributed by atoms with Crippen molar-refractivity contribution < 1.29 is 19.4 Å². The van der Waals surface area contributed by atoms with Crippen molar-refractivity contribution in [2.45, 2.75) is 10.3 Å². The number of hydrogen-bond acceptors (Lipinski definition) is 5. The second-order valence-electron chi connectivity index (χ2n) is 3.95. The molecule has 0 aliphatic heterocycles. The average molecular weight is 329 g/mol. The van der Waals surface area contributed by atoms with Gasteiger partial charge in [0, 0.05) is 16.8 Å². The molecule has 0 saturated heterocycles. The summed E-state index contributed by atoms with van der Waals surface area (Å²) in [4.78, 5) is 15.9. The Balaban J connectivity index is 2.18. The van der Waals surface area contributed by atoms with Gasteiger partial charge in [0.1, 0.15) is 5.69 Å². The summed E-state index contributed by atoms with van der Waals surface area (Å²) in [6.45, 7) is 0. The van der Waals surface area contributed by atoms with E-state index < -0.39 is 11.3 Å². The molecule has 8 heteroatoms.